The van der Waals surface area contributed by atoms with Gasteiger partial charge in [-0.2, -0.15) is 4.98 Å². The molecule has 0 fully saturated rings. The number of nitrogen functional groups attached to an aromatic ring is 1. The summed E-state index contributed by atoms with van der Waals surface area (Å²) in [5.74, 6) is -0.0506. The molecular formula is C10H7BrClFN4. The minimum Gasteiger partial charge on any atom is -0.383 e. The Balaban J connectivity index is 2.38. The molecule has 0 unspecified atom stereocenters. The maximum atomic E-state index is 13.5. The second-order valence-corrected chi connectivity index (χ2v) is 4.38. The van der Waals surface area contributed by atoms with E-state index in [1.807, 2.05) is 0 Å². The zero-order valence-corrected chi connectivity index (χ0v) is 10.8. The molecule has 88 valence electrons. The molecule has 1 aromatic carbocycles. The Morgan fingerprint density at radius 1 is 1.35 bits per heavy atom. The molecule has 1 heterocycles. The van der Waals surface area contributed by atoms with Gasteiger partial charge in [0.15, 0.2) is 0 Å². The molecule has 0 saturated carbocycles. The first kappa shape index (κ1) is 12.1. The van der Waals surface area contributed by atoms with Gasteiger partial charge in [0.25, 0.3) is 0 Å². The fraction of sp³-hybridized carbons (Fsp3) is 0. The van der Waals surface area contributed by atoms with Crippen LogP contribution in [0.2, 0.25) is 5.02 Å². The third kappa shape index (κ3) is 2.83. The van der Waals surface area contributed by atoms with Gasteiger partial charge >= 0.3 is 0 Å². The number of anilines is 3. The number of aromatic nitrogens is 2. The number of nitrogens with one attached hydrogen (secondary N) is 1. The standard InChI is InChI=1S/C10H7BrClFN4/c11-7-4-8(14)16-10(15-7)17-9-5(12)2-1-3-6(9)13/h1-4H,(H3,14,15,16,17). The first-order chi connectivity index (χ1) is 8.06. The first-order valence-electron chi connectivity index (χ1n) is 4.57. The molecule has 17 heavy (non-hydrogen) atoms. The highest BCUT2D eigenvalue weighted by Gasteiger charge is 2.09. The molecule has 0 spiro atoms. The molecule has 4 nitrogen and oxygen atoms in total. The number of halogens is 3. The van der Waals surface area contributed by atoms with Crippen molar-refractivity contribution in [1.82, 2.24) is 9.97 Å². The van der Waals surface area contributed by atoms with Gasteiger partial charge in [0.1, 0.15) is 16.2 Å². The van der Waals surface area contributed by atoms with Gasteiger partial charge in [-0.3, -0.25) is 0 Å². The maximum absolute atomic E-state index is 13.5. The molecule has 7 heteroatoms. The molecule has 2 rings (SSSR count). The third-order valence-electron chi connectivity index (χ3n) is 1.91. The van der Waals surface area contributed by atoms with E-state index in [1.54, 1.807) is 6.07 Å². The van der Waals surface area contributed by atoms with E-state index < -0.39 is 5.82 Å². The van der Waals surface area contributed by atoms with E-state index in [0.717, 1.165) is 0 Å². The van der Waals surface area contributed by atoms with E-state index >= 15 is 0 Å². The number of hydrogen-bond acceptors (Lipinski definition) is 4. The van der Waals surface area contributed by atoms with E-state index in [1.165, 1.54) is 18.2 Å². The lowest BCUT2D eigenvalue weighted by molar-refractivity contribution is 0.631. The van der Waals surface area contributed by atoms with E-state index in [9.17, 15) is 4.39 Å². The van der Waals surface area contributed by atoms with Crippen LogP contribution >= 0.6 is 27.5 Å². The van der Waals surface area contributed by atoms with E-state index in [4.69, 9.17) is 17.3 Å². The van der Waals surface area contributed by atoms with Gasteiger partial charge in [-0.05, 0) is 28.1 Å². The molecule has 0 saturated heterocycles. The van der Waals surface area contributed by atoms with Crippen molar-refractivity contribution in [2.75, 3.05) is 11.1 Å². The fourth-order valence-electron chi connectivity index (χ4n) is 1.22. The summed E-state index contributed by atoms with van der Waals surface area (Å²) in [6.07, 6.45) is 0. The quantitative estimate of drug-likeness (QED) is 0.834. The summed E-state index contributed by atoms with van der Waals surface area (Å²) in [6, 6.07) is 5.90. The van der Waals surface area contributed by atoms with Gasteiger partial charge < -0.3 is 11.1 Å². The van der Waals surface area contributed by atoms with Gasteiger partial charge in [-0.25, -0.2) is 9.37 Å². The summed E-state index contributed by atoms with van der Waals surface area (Å²) in [4.78, 5) is 7.91. The molecule has 0 aliphatic heterocycles. The normalized spacial score (nSPS) is 10.3. The Morgan fingerprint density at radius 2 is 2.12 bits per heavy atom. The summed E-state index contributed by atoms with van der Waals surface area (Å²) in [5.41, 5.74) is 5.66. The lowest BCUT2D eigenvalue weighted by Gasteiger charge is -2.08. The predicted octanol–water partition coefficient (Wildman–Crippen LogP) is 3.36. The Kier molecular flexibility index (Phi) is 3.44. The highest BCUT2D eigenvalue weighted by atomic mass is 79.9. The monoisotopic (exact) mass is 316 g/mol. The van der Waals surface area contributed by atoms with Crippen LogP contribution in [0.15, 0.2) is 28.9 Å². The number of benzene rings is 1. The van der Waals surface area contributed by atoms with Crippen molar-refractivity contribution in [2.45, 2.75) is 0 Å². The maximum Gasteiger partial charge on any atom is 0.230 e. The topological polar surface area (TPSA) is 63.8 Å². The summed E-state index contributed by atoms with van der Waals surface area (Å²) in [5, 5.41) is 2.93. The Morgan fingerprint density at radius 3 is 2.76 bits per heavy atom. The zero-order valence-electron chi connectivity index (χ0n) is 8.42. The minimum absolute atomic E-state index is 0.117. The smallest absolute Gasteiger partial charge is 0.230 e. The van der Waals surface area contributed by atoms with Crippen LogP contribution in [0.3, 0.4) is 0 Å². The minimum atomic E-state index is -0.486. The predicted molar refractivity (Wildman–Crippen MR) is 68.8 cm³/mol. The number of hydrogen-bond donors (Lipinski definition) is 2. The van der Waals surface area contributed by atoms with Crippen LogP contribution in [-0.2, 0) is 0 Å². The van der Waals surface area contributed by atoms with Crippen LogP contribution in [0, 0.1) is 5.82 Å². The van der Waals surface area contributed by atoms with Gasteiger partial charge in [0, 0.05) is 6.07 Å². The average molecular weight is 318 g/mol. The number of nitrogens with zero attached hydrogens (tertiary/aromatic N) is 2. The van der Waals surface area contributed by atoms with Gasteiger partial charge in [0.05, 0.1) is 10.7 Å². The summed E-state index contributed by atoms with van der Waals surface area (Å²) < 4.78 is 14.0. The first-order valence-corrected chi connectivity index (χ1v) is 5.74. The van der Waals surface area contributed by atoms with Gasteiger partial charge in [0.2, 0.25) is 5.95 Å². The SMILES string of the molecule is Nc1cc(Br)nc(Nc2c(F)cccc2Cl)n1. The molecule has 0 aliphatic carbocycles. The average Bonchev–Trinajstić information content (AvgIpc) is 2.22. The van der Waals surface area contributed by atoms with Crippen molar-refractivity contribution in [2.24, 2.45) is 0 Å². The Bertz CT molecular complexity index is 523. The highest BCUT2D eigenvalue weighted by molar-refractivity contribution is 9.10. The molecule has 0 amide bonds. The van der Waals surface area contributed by atoms with E-state index in [2.05, 4.69) is 31.2 Å². The van der Waals surface area contributed by atoms with Crippen molar-refractivity contribution in [3.63, 3.8) is 0 Å². The molecule has 2 aromatic rings. The van der Waals surface area contributed by atoms with Crippen LogP contribution in [0.4, 0.5) is 21.8 Å². The van der Waals surface area contributed by atoms with Crippen LogP contribution < -0.4 is 11.1 Å². The number of para-hydroxylation sites is 1. The summed E-state index contributed by atoms with van der Waals surface area (Å²) in [6.45, 7) is 0. The number of rotatable bonds is 2. The molecule has 0 bridgehead atoms. The van der Waals surface area contributed by atoms with Crippen molar-refractivity contribution in [3.05, 3.63) is 39.7 Å². The molecule has 0 radical (unpaired) electrons. The van der Waals surface area contributed by atoms with Crippen LogP contribution in [-0.4, -0.2) is 9.97 Å². The molecule has 0 aliphatic rings. The highest BCUT2D eigenvalue weighted by Crippen LogP contribution is 2.27. The second-order valence-electron chi connectivity index (χ2n) is 3.16. The van der Waals surface area contributed by atoms with Crippen LogP contribution in [0.5, 0.6) is 0 Å². The zero-order chi connectivity index (χ0) is 12.4. The molecule has 0 atom stereocenters. The van der Waals surface area contributed by atoms with Crippen molar-refractivity contribution < 1.29 is 4.39 Å². The largest absolute Gasteiger partial charge is 0.383 e. The lowest BCUT2D eigenvalue weighted by atomic mass is 10.3. The fourth-order valence-corrected chi connectivity index (χ4v) is 1.83. The second kappa shape index (κ2) is 4.85. The van der Waals surface area contributed by atoms with Crippen molar-refractivity contribution in [1.29, 1.82) is 0 Å². The van der Waals surface area contributed by atoms with Crippen LogP contribution in [0.25, 0.3) is 0 Å². The molecule has 1 aromatic heterocycles. The van der Waals surface area contributed by atoms with E-state index in [0.29, 0.717) is 4.60 Å². The molecular weight excluding hydrogens is 310 g/mol. The van der Waals surface area contributed by atoms with Gasteiger partial charge in [-0.15, -0.1) is 0 Å². The summed E-state index contributed by atoms with van der Waals surface area (Å²) in [7, 11) is 0. The number of nitrogens with two attached hydrogens (primary N) is 1. The van der Waals surface area contributed by atoms with Crippen molar-refractivity contribution in [3.8, 4) is 0 Å². The summed E-state index contributed by atoms with van der Waals surface area (Å²) >= 11 is 9.02. The Hall–Kier alpha value is -1.40. The Labute approximate surface area is 110 Å². The van der Waals surface area contributed by atoms with Gasteiger partial charge in [-0.1, -0.05) is 17.7 Å². The lowest BCUT2D eigenvalue weighted by Crippen LogP contribution is -2.02. The van der Waals surface area contributed by atoms with Crippen molar-refractivity contribution >= 4 is 45.0 Å². The third-order valence-corrected chi connectivity index (χ3v) is 2.64. The molecule has 3 N–H and O–H groups in total. The van der Waals surface area contributed by atoms with Crippen LogP contribution in [0.1, 0.15) is 0 Å². The van der Waals surface area contributed by atoms with E-state index in [-0.39, 0.29) is 22.5 Å².